The highest BCUT2D eigenvalue weighted by molar-refractivity contribution is 5.98. The minimum Gasteiger partial charge on any atom is -0.355 e. The summed E-state index contributed by atoms with van der Waals surface area (Å²) in [5, 5.41) is 2.79. The summed E-state index contributed by atoms with van der Waals surface area (Å²) in [5.41, 5.74) is 8.61. The van der Waals surface area contributed by atoms with E-state index in [1.165, 1.54) is 0 Å². The third kappa shape index (κ3) is 3.44. The smallest absolute Gasteiger partial charge is 0.254 e. The van der Waals surface area contributed by atoms with Gasteiger partial charge in [0.25, 0.3) is 5.91 Å². The van der Waals surface area contributed by atoms with Crippen LogP contribution < -0.4 is 11.1 Å². The second-order valence-electron chi connectivity index (χ2n) is 6.46. The van der Waals surface area contributed by atoms with Crippen LogP contribution in [0.3, 0.4) is 0 Å². The van der Waals surface area contributed by atoms with Crippen LogP contribution in [0.25, 0.3) is 5.69 Å². The number of hydrogen-bond donors (Lipinski definition) is 2. The van der Waals surface area contributed by atoms with Gasteiger partial charge in [-0.2, -0.15) is 0 Å². The molecule has 0 spiro atoms. The molecule has 0 saturated carbocycles. The van der Waals surface area contributed by atoms with E-state index in [2.05, 4.69) is 5.32 Å². The summed E-state index contributed by atoms with van der Waals surface area (Å²) in [6, 6.07) is 8.87. The molecule has 1 fully saturated rings. The Morgan fingerprint density at radius 3 is 2.64 bits per heavy atom. The summed E-state index contributed by atoms with van der Waals surface area (Å²) >= 11 is 0. The predicted octanol–water partition coefficient (Wildman–Crippen LogP) is 1.46. The first-order chi connectivity index (χ1) is 12.0. The fraction of sp³-hybridized carbons (Fsp3) is 0.368. The number of benzene rings is 1. The Labute approximate surface area is 147 Å². The summed E-state index contributed by atoms with van der Waals surface area (Å²) in [7, 11) is 0. The number of amides is 2. The Bertz CT molecular complexity index is 770. The standard InChI is InChI=1S/C19H24N4O2/c1-3-21-18(24)17-11-15(20)12-23(17)19(25)14-6-7-16(13(2)10-14)22-8-4-5-9-22/h4-10,15,17H,3,11-12,20H2,1-2H3,(H,21,24). The molecule has 2 heterocycles. The molecule has 132 valence electrons. The molecule has 1 aromatic heterocycles. The number of likely N-dealkylation sites (N-methyl/N-ethyl adjacent to an activating group) is 1. The zero-order chi connectivity index (χ0) is 18.0. The number of nitrogens with zero attached hydrogens (tertiary/aromatic N) is 2. The molecule has 1 aliphatic heterocycles. The number of hydrogen-bond acceptors (Lipinski definition) is 3. The molecule has 0 bridgehead atoms. The number of carbonyl (C=O) groups excluding carboxylic acids is 2. The van der Waals surface area contributed by atoms with Gasteiger partial charge in [0.05, 0.1) is 0 Å². The van der Waals surface area contributed by atoms with Crippen LogP contribution in [0.5, 0.6) is 0 Å². The molecule has 3 rings (SSSR count). The van der Waals surface area contributed by atoms with Crippen molar-refractivity contribution in [1.82, 2.24) is 14.8 Å². The monoisotopic (exact) mass is 340 g/mol. The molecule has 6 nitrogen and oxygen atoms in total. The van der Waals surface area contributed by atoms with Gasteiger partial charge in [0.15, 0.2) is 0 Å². The van der Waals surface area contributed by atoms with Crippen LogP contribution in [0.1, 0.15) is 29.3 Å². The van der Waals surface area contributed by atoms with Crippen LogP contribution >= 0.6 is 0 Å². The van der Waals surface area contributed by atoms with Gasteiger partial charge < -0.3 is 20.5 Å². The minimum atomic E-state index is -0.494. The van der Waals surface area contributed by atoms with Gasteiger partial charge in [-0.05, 0) is 56.2 Å². The highest BCUT2D eigenvalue weighted by Gasteiger charge is 2.38. The first-order valence-corrected chi connectivity index (χ1v) is 8.59. The van der Waals surface area contributed by atoms with Crippen molar-refractivity contribution >= 4 is 11.8 Å². The molecule has 0 aliphatic carbocycles. The van der Waals surface area contributed by atoms with Crippen LogP contribution in [0.15, 0.2) is 42.7 Å². The number of nitrogens with two attached hydrogens (primary N) is 1. The van der Waals surface area contributed by atoms with Crippen LogP contribution in [0, 0.1) is 6.92 Å². The van der Waals surface area contributed by atoms with Gasteiger partial charge in [0.2, 0.25) is 5.91 Å². The molecular weight excluding hydrogens is 316 g/mol. The molecule has 6 heteroatoms. The van der Waals surface area contributed by atoms with Crippen LogP contribution in [-0.4, -0.2) is 46.5 Å². The molecule has 3 N–H and O–H groups in total. The lowest BCUT2D eigenvalue weighted by Gasteiger charge is -2.24. The zero-order valence-corrected chi connectivity index (χ0v) is 14.6. The van der Waals surface area contributed by atoms with E-state index in [9.17, 15) is 9.59 Å². The minimum absolute atomic E-state index is 0.135. The lowest BCUT2D eigenvalue weighted by atomic mass is 10.1. The zero-order valence-electron chi connectivity index (χ0n) is 14.6. The topological polar surface area (TPSA) is 80.4 Å². The Kier molecular flexibility index (Phi) is 4.90. The Morgan fingerprint density at radius 2 is 2.00 bits per heavy atom. The summed E-state index contributed by atoms with van der Waals surface area (Å²) < 4.78 is 2.01. The maximum atomic E-state index is 12.9. The SMILES string of the molecule is CCNC(=O)C1CC(N)CN1C(=O)c1ccc(-n2cccc2)c(C)c1. The first kappa shape index (κ1) is 17.2. The Balaban J connectivity index is 1.84. The highest BCUT2D eigenvalue weighted by atomic mass is 16.2. The van der Waals surface area contributed by atoms with E-state index in [1.54, 1.807) is 4.90 Å². The normalized spacial score (nSPS) is 19.9. The number of carbonyl (C=O) groups is 2. The maximum absolute atomic E-state index is 12.9. The van der Waals surface area contributed by atoms with Gasteiger partial charge in [-0.15, -0.1) is 0 Å². The van der Waals surface area contributed by atoms with E-state index >= 15 is 0 Å². The molecule has 2 amide bonds. The largest absolute Gasteiger partial charge is 0.355 e. The third-order valence-corrected chi connectivity index (χ3v) is 4.57. The van der Waals surface area contributed by atoms with Gasteiger partial charge in [0.1, 0.15) is 6.04 Å². The summed E-state index contributed by atoms with van der Waals surface area (Å²) in [6.07, 6.45) is 4.43. The van der Waals surface area contributed by atoms with Crippen molar-refractivity contribution in [2.75, 3.05) is 13.1 Å². The number of likely N-dealkylation sites (tertiary alicyclic amines) is 1. The summed E-state index contributed by atoms with van der Waals surface area (Å²) in [6.45, 7) is 4.78. The lowest BCUT2D eigenvalue weighted by molar-refractivity contribution is -0.124. The van der Waals surface area contributed by atoms with Gasteiger partial charge in [-0.25, -0.2) is 0 Å². The van der Waals surface area contributed by atoms with Crippen molar-refractivity contribution in [2.45, 2.75) is 32.4 Å². The van der Waals surface area contributed by atoms with Gasteiger partial charge in [0, 0.05) is 42.8 Å². The first-order valence-electron chi connectivity index (χ1n) is 8.59. The van der Waals surface area contributed by atoms with Gasteiger partial charge >= 0.3 is 0 Å². The van der Waals surface area contributed by atoms with Crippen LogP contribution in [-0.2, 0) is 4.79 Å². The molecule has 2 aromatic rings. The number of aromatic nitrogens is 1. The third-order valence-electron chi connectivity index (χ3n) is 4.57. The fourth-order valence-corrected chi connectivity index (χ4v) is 3.37. The van der Waals surface area contributed by atoms with E-state index in [4.69, 9.17) is 5.73 Å². The molecule has 2 unspecified atom stereocenters. The Hall–Kier alpha value is -2.60. The van der Waals surface area contributed by atoms with Crippen molar-refractivity contribution in [3.05, 3.63) is 53.9 Å². The predicted molar refractivity (Wildman–Crippen MR) is 96.6 cm³/mol. The molecule has 1 aromatic carbocycles. The maximum Gasteiger partial charge on any atom is 0.254 e. The number of nitrogens with one attached hydrogen (secondary N) is 1. The van der Waals surface area contributed by atoms with Crippen molar-refractivity contribution in [3.8, 4) is 5.69 Å². The Morgan fingerprint density at radius 1 is 1.28 bits per heavy atom. The van der Waals surface area contributed by atoms with E-state index in [0.717, 1.165) is 11.3 Å². The lowest BCUT2D eigenvalue weighted by Crippen LogP contribution is -2.46. The molecular formula is C19H24N4O2. The van der Waals surface area contributed by atoms with Crippen molar-refractivity contribution in [2.24, 2.45) is 5.73 Å². The van der Waals surface area contributed by atoms with Crippen molar-refractivity contribution in [3.63, 3.8) is 0 Å². The number of rotatable bonds is 4. The fourth-order valence-electron chi connectivity index (χ4n) is 3.37. The van der Waals surface area contributed by atoms with E-state index in [1.807, 2.05) is 61.1 Å². The van der Waals surface area contributed by atoms with Crippen molar-refractivity contribution in [1.29, 1.82) is 0 Å². The van der Waals surface area contributed by atoms with Crippen molar-refractivity contribution < 1.29 is 9.59 Å². The van der Waals surface area contributed by atoms with Crippen LogP contribution in [0.4, 0.5) is 0 Å². The second-order valence-corrected chi connectivity index (χ2v) is 6.46. The summed E-state index contributed by atoms with van der Waals surface area (Å²) in [5.74, 6) is -0.282. The molecule has 25 heavy (non-hydrogen) atoms. The molecule has 0 radical (unpaired) electrons. The second kappa shape index (κ2) is 7.11. The summed E-state index contributed by atoms with van der Waals surface area (Å²) in [4.78, 5) is 26.8. The molecule has 1 saturated heterocycles. The highest BCUT2D eigenvalue weighted by Crippen LogP contribution is 2.22. The van der Waals surface area contributed by atoms with E-state index < -0.39 is 6.04 Å². The average Bonchev–Trinajstić information content (AvgIpc) is 3.24. The van der Waals surface area contributed by atoms with E-state index in [0.29, 0.717) is 25.1 Å². The van der Waals surface area contributed by atoms with Gasteiger partial charge in [-0.3, -0.25) is 9.59 Å². The molecule has 1 aliphatic rings. The van der Waals surface area contributed by atoms with Crippen LogP contribution in [0.2, 0.25) is 0 Å². The van der Waals surface area contributed by atoms with E-state index in [-0.39, 0.29) is 17.9 Å². The van der Waals surface area contributed by atoms with Gasteiger partial charge in [-0.1, -0.05) is 0 Å². The average molecular weight is 340 g/mol. The molecule has 2 atom stereocenters. The number of aryl methyl sites for hydroxylation is 1. The quantitative estimate of drug-likeness (QED) is 0.884.